The zero-order valence-electron chi connectivity index (χ0n) is 17.0. The van der Waals surface area contributed by atoms with Gasteiger partial charge in [-0.25, -0.2) is 4.98 Å². The maximum absolute atomic E-state index is 12.8. The molecule has 3 aromatic heterocycles. The number of anilines is 1. The van der Waals surface area contributed by atoms with Crippen LogP contribution in [0.15, 0.2) is 77.0 Å². The van der Waals surface area contributed by atoms with E-state index >= 15 is 0 Å². The highest BCUT2D eigenvalue weighted by Crippen LogP contribution is 2.37. The number of nitrogens with one attached hydrogen (secondary N) is 3. The molecule has 1 amide bonds. The van der Waals surface area contributed by atoms with E-state index in [1.807, 2.05) is 61.5 Å². The third-order valence-corrected chi connectivity index (χ3v) is 5.70. The van der Waals surface area contributed by atoms with Crippen LogP contribution in [0.2, 0.25) is 0 Å². The molecule has 0 unspecified atom stereocenters. The Labute approximate surface area is 186 Å². The molecule has 0 saturated heterocycles. The van der Waals surface area contributed by atoms with E-state index in [2.05, 4.69) is 20.3 Å². The molecule has 5 aromatic rings. The van der Waals surface area contributed by atoms with Crippen LogP contribution in [0.3, 0.4) is 0 Å². The van der Waals surface area contributed by atoms with Gasteiger partial charge in [0.1, 0.15) is 17.2 Å². The van der Waals surface area contributed by atoms with Gasteiger partial charge in [-0.05, 0) is 37.3 Å². The topological polar surface area (TPSA) is 99.9 Å². The van der Waals surface area contributed by atoms with Crippen LogP contribution in [0, 0.1) is 6.92 Å². The minimum Gasteiger partial charge on any atom is -0.457 e. The van der Waals surface area contributed by atoms with E-state index in [0.29, 0.717) is 38.8 Å². The second-order valence-electron chi connectivity index (χ2n) is 7.13. The van der Waals surface area contributed by atoms with E-state index < -0.39 is 5.91 Å². The molecule has 0 spiro atoms. The first-order chi connectivity index (χ1) is 15.6. The van der Waals surface area contributed by atoms with E-state index in [0.717, 1.165) is 5.56 Å². The molecule has 5 rings (SSSR count). The third-order valence-electron chi connectivity index (χ3n) is 5.01. The summed E-state index contributed by atoms with van der Waals surface area (Å²) >= 11 is 1.30. The van der Waals surface area contributed by atoms with Gasteiger partial charge in [0.05, 0.1) is 11.1 Å². The molecule has 32 heavy (non-hydrogen) atoms. The van der Waals surface area contributed by atoms with Gasteiger partial charge in [-0.3, -0.25) is 14.9 Å². The highest BCUT2D eigenvalue weighted by atomic mass is 32.1. The molecule has 158 valence electrons. The fourth-order valence-corrected chi connectivity index (χ4v) is 4.13. The summed E-state index contributed by atoms with van der Waals surface area (Å²) in [5.41, 5.74) is 2.01. The van der Waals surface area contributed by atoms with Gasteiger partial charge in [-0.1, -0.05) is 30.3 Å². The molecule has 0 bridgehead atoms. The molecule has 0 atom stereocenters. The SMILES string of the molecule is Cc1[nH]c(-c2ccccc2Oc2ccccc2)c2cc(C(=O)Nc3nccs3)[nH]c(=O)c12. The lowest BCUT2D eigenvalue weighted by Gasteiger charge is -2.11. The van der Waals surface area contributed by atoms with Crippen molar-refractivity contribution in [2.24, 2.45) is 0 Å². The Bertz CT molecular complexity index is 1470. The van der Waals surface area contributed by atoms with Gasteiger partial charge < -0.3 is 14.7 Å². The molecule has 3 heterocycles. The van der Waals surface area contributed by atoms with Gasteiger partial charge in [0.25, 0.3) is 11.5 Å². The number of aryl methyl sites for hydroxylation is 1. The number of carbonyl (C=O) groups is 1. The van der Waals surface area contributed by atoms with Crippen LogP contribution in [-0.4, -0.2) is 20.9 Å². The summed E-state index contributed by atoms with van der Waals surface area (Å²) in [6.07, 6.45) is 1.60. The number of nitrogens with zero attached hydrogens (tertiary/aromatic N) is 1. The van der Waals surface area contributed by atoms with Crippen LogP contribution in [0.1, 0.15) is 16.2 Å². The predicted octanol–water partition coefficient (Wildman–Crippen LogP) is 5.33. The highest BCUT2D eigenvalue weighted by Gasteiger charge is 2.19. The number of ether oxygens (including phenoxy) is 1. The fraction of sp³-hybridized carbons (Fsp3) is 0.0417. The highest BCUT2D eigenvalue weighted by molar-refractivity contribution is 7.13. The molecule has 0 saturated carbocycles. The second-order valence-corrected chi connectivity index (χ2v) is 8.02. The maximum atomic E-state index is 12.8. The van der Waals surface area contributed by atoms with Crippen LogP contribution in [-0.2, 0) is 0 Å². The number of benzene rings is 2. The van der Waals surface area contributed by atoms with Gasteiger partial charge in [-0.15, -0.1) is 11.3 Å². The Hall–Kier alpha value is -4.17. The molecule has 7 nitrogen and oxygen atoms in total. The van der Waals surface area contributed by atoms with Crippen molar-refractivity contribution in [1.82, 2.24) is 15.0 Å². The number of H-pyrrole nitrogens is 2. The molecule has 0 aliphatic heterocycles. The van der Waals surface area contributed by atoms with Crippen LogP contribution in [0.4, 0.5) is 5.13 Å². The van der Waals surface area contributed by atoms with E-state index in [1.165, 1.54) is 11.3 Å². The Morgan fingerprint density at radius 2 is 1.84 bits per heavy atom. The standard InChI is InChI=1S/C24H18N4O3S/c1-14-20-17(13-18(27-23(20)30)22(29)28-24-25-11-12-32-24)21(26-14)16-9-5-6-10-19(16)31-15-7-3-2-4-8-15/h2-13,26H,1H3,(H,27,30)(H,25,28,29). The maximum Gasteiger partial charge on any atom is 0.273 e. The van der Waals surface area contributed by atoms with Crippen molar-refractivity contribution in [2.45, 2.75) is 6.92 Å². The van der Waals surface area contributed by atoms with Gasteiger partial charge in [0.15, 0.2) is 5.13 Å². The van der Waals surface area contributed by atoms with Crippen LogP contribution in [0.5, 0.6) is 11.5 Å². The zero-order valence-corrected chi connectivity index (χ0v) is 17.8. The first-order valence-corrected chi connectivity index (χ1v) is 10.8. The van der Waals surface area contributed by atoms with Crippen LogP contribution < -0.4 is 15.6 Å². The minimum absolute atomic E-state index is 0.152. The van der Waals surface area contributed by atoms with Crippen LogP contribution >= 0.6 is 11.3 Å². The molecule has 0 aliphatic carbocycles. The van der Waals surface area contributed by atoms with Crippen molar-refractivity contribution >= 4 is 33.1 Å². The average Bonchev–Trinajstić information content (AvgIpc) is 3.42. The van der Waals surface area contributed by atoms with Crippen molar-refractivity contribution in [3.63, 3.8) is 0 Å². The monoisotopic (exact) mass is 442 g/mol. The second kappa shape index (κ2) is 8.16. The number of hydrogen-bond donors (Lipinski definition) is 3. The zero-order chi connectivity index (χ0) is 22.1. The van der Waals surface area contributed by atoms with Crippen molar-refractivity contribution in [3.8, 4) is 22.8 Å². The lowest BCUT2D eigenvalue weighted by Crippen LogP contribution is -2.18. The van der Waals surface area contributed by atoms with Gasteiger partial charge >= 0.3 is 0 Å². The minimum atomic E-state index is -0.433. The van der Waals surface area contributed by atoms with E-state index in [-0.39, 0.29) is 11.3 Å². The number of aromatic nitrogens is 3. The molecule has 0 aliphatic rings. The molecule has 0 fully saturated rings. The summed E-state index contributed by atoms with van der Waals surface area (Å²) in [4.78, 5) is 35.6. The molecule has 2 aromatic carbocycles. The smallest absolute Gasteiger partial charge is 0.273 e. The molecule has 3 N–H and O–H groups in total. The summed E-state index contributed by atoms with van der Waals surface area (Å²) in [6, 6.07) is 18.7. The average molecular weight is 443 g/mol. The summed E-state index contributed by atoms with van der Waals surface area (Å²) in [7, 11) is 0. The number of rotatable bonds is 5. The number of fused-ring (bicyclic) bond motifs is 1. The number of hydrogen-bond acceptors (Lipinski definition) is 5. The molecule has 0 radical (unpaired) electrons. The van der Waals surface area contributed by atoms with Gasteiger partial charge in [-0.2, -0.15) is 0 Å². The summed E-state index contributed by atoms with van der Waals surface area (Å²) in [5, 5.41) is 6.07. The molecular weight excluding hydrogens is 424 g/mol. The fourth-order valence-electron chi connectivity index (χ4n) is 3.61. The van der Waals surface area contributed by atoms with Crippen LogP contribution in [0.25, 0.3) is 22.0 Å². The number of pyridine rings is 1. The normalized spacial score (nSPS) is 10.9. The van der Waals surface area contributed by atoms with Crippen molar-refractivity contribution in [1.29, 1.82) is 0 Å². The van der Waals surface area contributed by atoms with E-state index in [1.54, 1.807) is 17.6 Å². The van der Waals surface area contributed by atoms with Gasteiger partial charge in [0, 0.05) is 28.2 Å². The lowest BCUT2D eigenvalue weighted by atomic mass is 10.1. The third kappa shape index (κ3) is 3.67. The lowest BCUT2D eigenvalue weighted by molar-refractivity contribution is 0.102. The predicted molar refractivity (Wildman–Crippen MR) is 126 cm³/mol. The quantitative estimate of drug-likeness (QED) is 0.342. The first-order valence-electron chi connectivity index (χ1n) is 9.89. The number of para-hydroxylation sites is 2. The molecular formula is C24H18N4O3S. The number of carbonyl (C=O) groups excluding carboxylic acids is 1. The molecule has 8 heteroatoms. The summed E-state index contributed by atoms with van der Waals surface area (Å²) < 4.78 is 6.11. The Kier molecular flexibility index (Phi) is 5.04. The Morgan fingerprint density at radius 3 is 2.62 bits per heavy atom. The Morgan fingerprint density at radius 1 is 1.06 bits per heavy atom. The first kappa shape index (κ1) is 19.8. The van der Waals surface area contributed by atoms with E-state index in [9.17, 15) is 9.59 Å². The van der Waals surface area contributed by atoms with E-state index in [4.69, 9.17) is 4.74 Å². The van der Waals surface area contributed by atoms with Crippen molar-refractivity contribution < 1.29 is 9.53 Å². The van der Waals surface area contributed by atoms with Gasteiger partial charge in [0.2, 0.25) is 0 Å². The Balaban J connectivity index is 1.62. The largest absolute Gasteiger partial charge is 0.457 e. The number of aromatic amines is 2. The summed E-state index contributed by atoms with van der Waals surface area (Å²) in [6.45, 7) is 1.83. The van der Waals surface area contributed by atoms with Crippen molar-refractivity contribution in [3.05, 3.63) is 94.0 Å². The number of amides is 1. The number of thiazole rings is 1. The van der Waals surface area contributed by atoms with Crippen molar-refractivity contribution in [2.75, 3.05) is 5.32 Å². The summed E-state index contributed by atoms with van der Waals surface area (Å²) in [5.74, 6) is 0.905.